The Bertz CT molecular complexity index is 823. The fourth-order valence-electron chi connectivity index (χ4n) is 2.30. The molecule has 0 radical (unpaired) electrons. The van der Waals surface area contributed by atoms with Crippen LogP contribution in [0.3, 0.4) is 0 Å². The summed E-state index contributed by atoms with van der Waals surface area (Å²) < 4.78 is 2.45. The molecule has 4 nitrogen and oxygen atoms in total. The first-order valence-electron chi connectivity index (χ1n) is 6.70. The van der Waals surface area contributed by atoms with E-state index in [9.17, 15) is 4.79 Å². The van der Waals surface area contributed by atoms with Crippen LogP contribution in [-0.4, -0.2) is 20.5 Å². The molecule has 0 saturated heterocycles. The zero-order valence-corrected chi connectivity index (χ0v) is 13.3. The van der Waals surface area contributed by atoms with E-state index in [-0.39, 0.29) is 11.8 Å². The van der Waals surface area contributed by atoms with Crippen LogP contribution in [0, 0.1) is 0 Å². The van der Waals surface area contributed by atoms with Crippen molar-refractivity contribution in [1.29, 1.82) is 0 Å². The number of carbonyl (C=O) groups is 1. The summed E-state index contributed by atoms with van der Waals surface area (Å²) in [5.41, 5.74) is 2.09. The third-order valence-electron chi connectivity index (χ3n) is 3.32. The second-order valence-corrected chi connectivity index (χ2v) is 5.97. The first kappa shape index (κ1) is 13.9. The van der Waals surface area contributed by atoms with Gasteiger partial charge in [-0.25, -0.2) is 0 Å². The van der Waals surface area contributed by atoms with Gasteiger partial charge in [0.15, 0.2) is 0 Å². The molecule has 0 N–H and O–H groups in total. The zero-order valence-electron chi connectivity index (χ0n) is 11.7. The summed E-state index contributed by atoms with van der Waals surface area (Å²) in [5, 5.41) is 5.21. The van der Waals surface area contributed by atoms with Crippen molar-refractivity contribution in [3.05, 3.63) is 58.5 Å². The maximum absolute atomic E-state index is 12.8. The number of rotatable bonds is 3. The van der Waals surface area contributed by atoms with Gasteiger partial charge in [0, 0.05) is 23.2 Å². The van der Waals surface area contributed by atoms with Crippen molar-refractivity contribution in [2.45, 2.75) is 19.9 Å². The van der Waals surface area contributed by atoms with E-state index in [4.69, 9.17) is 0 Å². The smallest absolute Gasteiger partial charge is 0.212 e. The van der Waals surface area contributed by atoms with E-state index in [0.717, 1.165) is 10.9 Å². The van der Waals surface area contributed by atoms with Crippen LogP contribution in [0.5, 0.6) is 0 Å². The molecule has 0 aliphatic heterocycles. The Morgan fingerprint density at radius 3 is 2.86 bits per heavy atom. The van der Waals surface area contributed by atoms with E-state index in [1.54, 1.807) is 17.1 Å². The van der Waals surface area contributed by atoms with Crippen LogP contribution < -0.4 is 0 Å². The Kier molecular flexibility index (Phi) is 3.59. The fraction of sp³-hybridized carbons (Fsp3) is 0.188. The van der Waals surface area contributed by atoms with Gasteiger partial charge in [-0.05, 0) is 54.0 Å². The van der Waals surface area contributed by atoms with E-state index in [0.29, 0.717) is 15.7 Å². The lowest BCUT2D eigenvalue weighted by molar-refractivity contribution is 0.102. The van der Waals surface area contributed by atoms with E-state index in [2.05, 4.69) is 26.0 Å². The molecule has 3 aromatic rings. The molecule has 3 rings (SSSR count). The molecule has 106 valence electrons. The van der Waals surface area contributed by atoms with Gasteiger partial charge < -0.3 is 0 Å². The second kappa shape index (κ2) is 5.41. The number of hydrogen-bond acceptors (Lipinski definition) is 3. The minimum absolute atomic E-state index is 0.0428. The third-order valence-corrected chi connectivity index (χ3v) is 3.90. The molecule has 0 unspecified atom stereocenters. The predicted octanol–water partition coefficient (Wildman–Crippen LogP) is 4.01. The molecule has 5 heteroatoms. The molecule has 0 saturated carbocycles. The summed E-state index contributed by atoms with van der Waals surface area (Å²) in [6.07, 6.45) is 3.41. The summed E-state index contributed by atoms with van der Waals surface area (Å²) in [7, 11) is 0. The molecule has 0 atom stereocenters. The number of pyridine rings is 1. The van der Waals surface area contributed by atoms with Gasteiger partial charge in [-0.3, -0.25) is 14.5 Å². The van der Waals surface area contributed by atoms with Gasteiger partial charge in [0.1, 0.15) is 5.69 Å². The summed E-state index contributed by atoms with van der Waals surface area (Å²) in [5.74, 6) is -0.0428. The average molecular weight is 344 g/mol. The van der Waals surface area contributed by atoms with Gasteiger partial charge >= 0.3 is 0 Å². The minimum Gasteiger partial charge on any atom is -0.287 e. The average Bonchev–Trinajstić information content (AvgIpc) is 2.88. The van der Waals surface area contributed by atoms with Gasteiger partial charge in [-0.15, -0.1) is 0 Å². The Morgan fingerprint density at radius 2 is 2.10 bits per heavy atom. The molecule has 2 heterocycles. The molecule has 21 heavy (non-hydrogen) atoms. The van der Waals surface area contributed by atoms with E-state index in [1.165, 1.54) is 0 Å². The highest BCUT2D eigenvalue weighted by molar-refractivity contribution is 9.10. The number of benzene rings is 1. The van der Waals surface area contributed by atoms with Crippen LogP contribution in [0.4, 0.5) is 0 Å². The van der Waals surface area contributed by atoms with Gasteiger partial charge in [-0.2, -0.15) is 5.10 Å². The number of nitrogens with zero attached hydrogens (tertiary/aromatic N) is 3. The molecular weight excluding hydrogens is 330 g/mol. The molecule has 1 aromatic carbocycles. The van der Waals surface area contributed by atoms with E-state index < -0.39 is 0 Å². The van der Waals surface area contributed by atoms with Gasteiger partial charge in [0.05, 0.1) is 16.2 Å². The lowest BCUT2D eigenvalue weighted by Crippen LogP contribution is -2.14. The topological polar surface area (TPSA) is 47.8 Å². The molecule has 0 spiro atoms. The predicted molar refractivity (Wildman–Crippen MR) is 85.5 cm³/mol. The number of aromatic nitrogens is 3. The van der Waals surface area contributed by atoms with Gasteiger partial charge in [-0.1, -0.05) is 6.07 Å². The highest BCUT2D eigenvalue weighted by atomic mass is 79.9. The molecule has 0 aliphatic rings. The second-order valence-electron chi connectivity index (χ2n) is 5.12. The van der Waals surface area contributed by atoms with Crippen molar-refractivity contribution in [3.63, 3.8) is 0 Å². The molecule has 2 aromatic heterocycles. The summed E-state index contributed by atoms with van der Waals surface area (Å²) in [6, 6.07) is 9.49. The number of ketones is 1. The number of carbonyl (C=O) groups excluding carboxylic acids is 1. The number of hydrogen-bond donors (Lipinski definition) is 0. The normalized spacial score (nSPS) is 11.2. The standard InChI is InChI=1S/C16H14BrN3O/c1-10(2)20-15(13(17)9-19-20)16(21)12-5-6-14-11(8-12)4-3-7-18-14/h3-10H,1-2H3. The van der Waals surface area contributed by atoms with Gasteiger partial charge in [0.25, 0.3) is 0 Å². The Balaban J connectivity index is 2.10. The van der Waals surface area contributed by atoms with Crippen LogP contribution in [0.25, 0.3) is 10.9 Å². The van der Waals surface area contributed by atoms with Crippen molar-refractivity contribution in [1.82, 2.24) is 14.8 Å². The van der Waals surface area contributed by atoms with Gasteiger partial charge in [0.2, 0.25) is 5.78 Å². The largest absolute Gasteiger partial charge is 0.287 e. The minimum atomic E-state index is -0.0428. The Hall–Kier alpha value is -2.01. The highest BCUT2D eigenvalue weighted by Crippen LogP contribution is 2.24. The summed E-state index contributed by atoms with van der Waals surface area (Å²) >= 11 is 3.42. The monoisotopic (exact) mass is 343 g/mol. The van der Waals surface area contributed by atoms with Crippen LogP contribution in [-0.2, 0) is 0 Å². The first-order valence-corrected chi connectivity index (χ1v) is 7.49. The summed E-state index contributed by atoms with van der Waals surface area (Å²) in [6.45, 7) is 4.00. The molecule has 0 amide bonds. The lowest BCUT2D eigenvalue weighted by atomic mass is 10.1. The Morgan fingerprint density at radius 1 is 1.29 bits per heavy atom. The summed E-state index contributed by atoms with van der Waals surface area (Å²) in [4.78, 5) is 17.1. The SMILES string of the molecule is CC(C)n1ncc(Br)c1C(=O)c1ccc2ncccc2c1. The van der Waals surface area contributed by atoms with Crippen molar-refractivity contribution >= 4 is 32.6 Å². The van der Waals surface area contributed by atoms with Crippen molar-refractivity contribution in [2.75, 3.05) is 0 Å². The highest BCUT2D eigenvalue weighted by Gasteiger charge is 2.20. The van der Waals surface area contributed by atoms with E-state index in [1.807, 2.05) is 44.2 Å². The van der Waals surface area contributed by atoms with Crippen LogP contribution in [0.1, 0.15) is 35.9 Å². The zero-order chi connectivity index (χ0) is 15.0. The molecule has 0 fully saturated rings. The molecular formula is C16H14BrN3O. The van der Waals surface area contributed by atoms with Crippen LogP contribution >= 0.6 is 15.9 Å². The molecule has 0 aliphatic carbocycles. The van der Waals surface area contributed by atoms with Crippen LogP contribution in [0.15, 0.2) is 47.2 Å². The van der Waals surface area contributed by atoms with Crippen molar-refractivity contribution in [2.24, 2.45) is 0 Å². The van der Waals surface area contributed by atoms with Crippen LogP contribution in [0.2, 0.25) is 0 Å². The van der Waals surface area contributed by atoms with Crippen molar-refractivity contribution in [3.8, 4) is 0 Å². The Labute approximate surface area is 130 Å². The quantitative estimate of drug-likeness (QED) is 0.675. The first-order chi connectivity index (χ1) is 10.1. The lowest BCUT2D eigenvalue weighted by Gasteiger charge is -2.11. The van der Waals surface area contributed by atoms with Crippen molar-refractivity contribution < 1.29 is 4.79 Å². The third kappa shape index (κ3) is 2.49. The maximum Gasteiger partial charge on any atom is 0.212 e. The maximum atomic E-state index is 12.8. The fourth-order valence-corrected chi connectivity index (χ4v) is 2.75. The number of halogens is 1. The molecule has 0 bridgehead atoms. The van der Waals surface area contributed by atoms with E-state index >= 15 is 0 Å². The number of fused-ring (bicyclic) bond motifs is 1.